The first-order chi connectivity index (χ1) is 16.2. The van der Waals surface area contributed by atoms with Gasteiger partial charge in [0.1, 0.15) is 0 Å². The maximum absolute atomic E-state index is 12.6. The van der Waals surface area contributed by atoms with Gasteiger partial charge in [-0.15, -0.1) is 0 Å². The van der Waals surface area contributed by atoms with Gasteiger partial charge >= 0.3 is 0 Å². The van der Waals surface area contributed by atoms with E-state index in [0.29, 0.717) is 11.3 Å². The van der Waals surface area contributed by atoms with Gasteiger partial charge in [0.2, 0.25) is 0 Å². The number of carbonyl (C=O) groups excluding carboxylic acids is 2. The van der Waals surface area contributed by atoms with Crippen molar-refractivity contribution in [2.24, 2.45) is 5.10 Å². The van der Waals surface area contributed by atoms with Crippen LogP contribution in [0.5, 0.6) is 0 Å². The summed E-state index contributed by atoms with van der Waals surface area (Å²) in [5, 5.41) is 11.3. The van der Waals surface area contributed by atoms with Crippen molar-refractivity contribution in [3.8, 4) is 0 Å². The molecule has 6 heteroatoms. The summed E-state index contributed by atoms with van der Waals surface area (Å²) in [4.78, 5) is 24.6. The molecule has 1 aromatic heterocycles. The number of hydrogen-bond acceptors (Lipinski definition) is 4. The summed E-state index contributed by atoms with van der Waals surface area (Å²) in [6, 6.07) is 28.1. The highest BCUT2D eigenvalue weighted by Crippen LogP contribution is 2.27. The van der Waals surface area contributed by atoms with E-state index in [0.717, 1.165) is 27.1 Å². The first kappa shape index (κ1) is 20.2. The zero-order valence-electron chi connectivity index (χ0n) is 17.5. The molecule has 160 valence electrons. The van der Waals surface area contributed by atoms with Crippen molar-refractivity contribution in [1.29, 1.82) is 0 Å². The number of furan rings is 1. The van der Waals surface area contributed by atoms with Gasteiger partial charge in [-0.1, -0.05) is 48.5 Å². The van der Waals surface area contributed by atoms with Gasteiger partial charge in [0, 0.05) is 16.8 Å². The van der Waals surface area contributed by atoms with Crippen LogP contribution in [0, 0.1) is 0 Å². The molecule has 0 aliphatic carbocycles. The number of hydrazone groups is 1. The van der Waals surface area contributed by atoms with Crippen molar-refractivity contribution in [2.45, 2.75) is 0 Å². The summed E-state index contributed by atoms with van der Waals surface area (Å²) in [7, 11) is 0. The molecular weight excluding hydrogens is 414 g/mol. The first-order valence-corrected chi connectivity index (χ1v) is 10.4. The number of nitrogens with zero attached hydrogens (tertiary/aromatic N) is 1. The molecule has 0 saturated heterocycles. The van der Waals surface area contributed by atoms with Crippen molar-refractivity contribution in [3.05, 3.63) is 114 Å². The van der Waals surface area contributed by atoms with Crippen molar-refractivity contribution >= 4 is 45.3 Å². The molecular formula is C27H19N3O3. The van der Waals surface area contributed by atoms with Gasteiger partial charge in [-0.2, -0.15) is 5.10 Å². The molecule has 5 rings (SSSR count). The van der Waals surface area contributed by atoms with Crippen molar-refractivity contribution in [2.75, 3.05) is 5.32 Å². The second kappa shape index (κ2) is 8.80. The van der Waals surface area contributed by atoms with Gasteiger partial charge in [0.05, 0.1) is 12.5 Å². The van der Waals surface area contributed by atoms with E-state index in [4.69, 9.17) is 4.42 Å². The highest BCUT2D eigenvalue weighted by Gasteiger charge is 2.10. The monoisotopic (exact) mass is 433 g/mol. The zero-order chi connectivity index (χ0) is 22.6. The first-order valence-electron chi connectivity index (χ1n) is 10.4. The molecule has 0 fully saturated rings. The lowest BCUT2D eigenvalue weighted by atomic mass is 9.97. The Labute approximate surface area is 189 Å². The smallest absolute Gasteiger partial charge is 0.291 e. The lowest BCUT2D eigenvalue weighted by Crippen LogP contribution is -2.18. The van der Waals surface area contributed by atoms with Crippen LogP contribution in [0.25, 0.3) is 21.5 Å². The van der Waals surface area contributed by atoms with E-state index in [1.807, 2.05) is 36.4 Å². The summed E-state index contributed by atoms with van der Waals surface area (Å²) in [5.74, 6) is -0.490. The molecule has 0 saturated carbocycles. The Morgan fingerprint density at radius 2 is 1.42 bits per heavy atom. The summed E-state index contributed by atoms with van der Waals surface area (Å²) in [6.07, 6.45) is 3.12. The summed E-state index contributed by atoms with van der Waals surface area (Å²) in [6.45, 7) is 0. The standard InChI is InChI=1S/C27H19N3O3/c31-26(18-11-13-21(14-12-18)29-27(32)25-10-5-15-33-25)30-28-17-24-22-8-3-1-6-19(22)16-20-7-2-4-9-23(20)24/h1-17H,(H,29,32)(H,30,31)/b28-17-. The molecule has 6 nitrogen and oxygen atoms in total. The molecule has 0 aliphatic heterocycles. The molecule has 0 unspecified atom stereocenters. The number of benzene rings is 4. The van der Waals surface area contributed by atoms with Crippen LogP contribution in [0.15, 0.2) is 107 Å². The van der Waals surface area contributed by atoms with Crippen LogP contribution in [-0.4, -0.2) is 18.0 Å². The summed E-state index contributed by atoms with van der Waals surface area (Å²) in [5.41, 5.74) is 4.51. The van der Waals surface area contributed by atoms with E-state index in [9.17, 15) is 9.59 Å². The van der Waals surface area contributed by atoms with Gasteiger partial charge < -0.3 is 9.73 Å². The zero-order valence-corrected chi connectivity index (χ0v) is 17.5. The minimum absolute atomic E-state index is 0.215. The lowest BCUT2D eigenvalue weighted by Gasteiger charge is -2.08. The Balaban J connectivity index is 1.32. The molecule has 2 N–H and O–H groups in total. The number of fused-ring (bicyclic) bond motifs is 2. The third kappa shape index (κ3) is 4.22. The highest BCUT2D eigenvalue weighted by molar-refractivity contribution is 6.13. The molecule has 5 aromatic rings. The molecule has 0 bridgehead atoms. The molecule has 0 aliphatic rings. The van der Waals surface area contributed by atoms with Gasteiger partial charge in [0.25, 0.3) is 11.8 Å². The molecule has 1 heterocycles. The quantitative estimate of drug-likeness (QED) is 0.215. The van der Waals surface area contributed by atoms with Crippen LogP contribution in [-0.2, 0) is 0 Å². The molecule has 0 spiro atoms. The van der Waals surface area contributed by atoms with E-state index in [1.165, 1.54) is 6.26 Å². The van der Waals surface area contributed by atoms with Crippen LogP contribution in [0.1, 0.15) is 26.5 Å². The summed E-state index contributed by atoms with van der Waals surface area (Å²) >= 11 is 0. The second-order valence-corrected chi connectivity index (χ2v) is 7.44. The van der Waals surface area contributed by atoms with E-state index in [-0.39, 0.29) is 17.6 Å². The minimum Gasteiger partial charge on any atom is -0.459 e. The van der Waals surface area contributed by atoms with Crippen LogP contribution in [0.2, 0.25) is 0 Å². The fourth-order valence-corrected chi connectivity index (χ4v) is 3.71. The molecule has 4 aromatic carbocycles. The SMILES string of the molecule is O=C(N/N=C\c1c2ccccc2cc2ccccc12)c1ccc(NC(=O)c2ccco2)cc1. The fourth-order valence-electron chi connectivity index (χ4n) is 3.71. The fraction of sp³-hybridized carbons (Fsp3) is 0. The van der Waals surface area contributed by atoms with E-state index < -0.39 is 0 Å². The van der Waals surface area contributed by atoms with Crippen LogP contribution >= 0.6 is 0 Å². The maximum Gasteiger partial charge on any atom is 0.291 e. The number of rotatable bonds is 5. The number of anilines is 1. The Morgan fingerprint density at radius 3 is 2.06 bits per heavy atom. The van der Waals surface area contributed by atoms with Gasteiger partial charge in [-0.25, -0.2) is 5.43 Å². The van der Waals surface area contributed by atoms with Gasteiger partial charge in [0.15, 0.2) is 5.76 Å². The third-order valence-corrected chi connectivity index (χ3v) is 5.32. The Bertz CT molecular complexity index is 1430. The Hall–Kier alpha value is -4.71. The van der Waals surface area contributed by atoms with Crippen LogP contribution < -0.4 is 10.7 Å². The maximum atomic E-state index is 12.6. The van der Waals surface area contributed by atoms with Crippen LogP contribution in [0.4, 0.5) is 5.69 Å². The van der Waals surface area contributed by atoms with E-state index >= 15 is 0 Å². The predicted molar refractivity (Wildman–Crippen MR) is 130 cm³/mol. The number of hydrogen-bond donors (Lipinski definition) is 2. The molecule has 0 radical (unpaired) electrons. The van der Waals surface area contributed by atoms with Crippen molar-refractivity contribution in [3.63, 3.8) is 0 Å². The van der Waals surface area contributed by atoms with Gasteiger partial charge in [-0.05, 0) is 64.0 Å². The summed E-state index contributed by atoms with van der Waals surface area (Å²) < 4.78 is 5.07. The number of carbonyl (C=O) groups is 2. The molecule has 2 amide bonds. The average molecular weight is 433 g/mol. The Morgan fingerprint density at radius 1 is 0.758 bits per heavy atom. The lowest BCUT2D eigenvalue weighted by molar-refractivity contribution is 0.0954. The normalized spacial score (nSPS) is 11.2. The average Bonchev–Trinajstić information content (AvgIpc) is 3.39. The van der Waals surface area contributed by atoms with Crippen molar-refractivity contribution < 1.29 is 14.0 Å². The topological polar surface area (TPSA) is 83.7 Å². The van der Waals surface area contributed by atoms with E-state index in [2.05, 4.69) is 34.0 Å². The molecule has 0 atom stereocenters. The molecule has 33 heavy (non-hydrogen) atoms. The van der Waals surface area contributed by atoms with E-state index in [1.54, 1.807) is 42.6 Å². The van der Waals surface area contributed by atoms with Gasteiger partial charge in [-0.3, -0.25) is 9.59 Å². The van der Waals surface area contributed by atoms with Crippen LogP contribution in [0.3, 0.4) is 0 Å². The highest BCUT2D eigenvalue weighted by atomic mass is 16.3. The Kier molecular flexibility index (Phi) is 5.39. The minimum atomic E-state index is -0.357. The largest absolute Gasteiger partial charge is 0.459 e. The second-order valence-electron chi connectivity index (χ2n) is 7.44. The number of nitrogens with one attached hydrogen (secondary N) is 2. The third-order valence-electron chi connectivity index (χ3n) is 5.32. The predicted octanol–water partition coefficient (Wildman–Crippen LogP) is 5.60. The van der Waals surface area contributed by atoms with Crippen molar-refractivity contribution in [1.82, 2.24) is 5.43 Å². The number of amides is 2.